The summed E-state index contributed by atoms with van der Waals surface area (Å²) in [6, 6.07) is 0. The van der Waals surface area contributed by atoms with Crippen LogP contribution in [0.4, 0.5) is 91.7 Å². The van der Waals surface area contributed by atoms with Crippen LogP contribution in [-0.4, -0.2) is 0 Å². The van der Waals surface area contributed by atoms with Crippen LogP contribution in [0.5, 0.6) is 0 Å². The van der Waals surface area contributed by atoms with Gasteiger partial charge in [0.1, 0.15) is 28.2 Å². The summed E-state index contributed by atoms with van der Waals surface area (Å²) in [6.07, 6.45) is -12.3. The van der Waals surface area contributed by atoms with Gasteiger partial charge < -0.3 is 0 Å². The Morgan fingerprint density at radius 3 is 1.05 bits per heavy atom. The minimum absolute atomic E-state index is 0.496. The normalized spacial score (nSPS) is 12.2. The fourth-order valence-corrected chi connectivity index (χ4v) is 4.10. The highest BCUT2D eigenvalue weighted by atomic mass is 19.4. The summed E-state index contributed by atoms with van der Waals surface area (Å²) in [5, 5.41) is 0. The first kappa shape index (κ1) is 34.2. The Balaban J connectivity index is 2.82. The number of rotatable bonds is 5. The fraction of sp³-hybridized carbons (Fsp3) is 0.154. The van der Waals surface area contributed by atoms with E-state index in [1.807, 2.05) is 0 Å². The average molecular weight is 659 g/mol. The molecule has 238 valence electrons. The SMILES string of the molecule is C=C(C)c1c(F)c(F)c(F)c(N(c2c(F)c(F)c(C(F)(F)F)c(F)c2F)c2c(F)c(F)c(C(F)(F)F)c(C(=C)C)c2F)c1F. The van der Waals surface area contributed by atoms with Crippen molar-refractivity contribution in [3.63, 3.8) is 0 Å². The third kappa shape index (κ3) is 5.12. The Morgan fingerprint density at radius 2 is 0.705 bits per heavy atom. The molecule has 0 heterocycles. The van der Waals surface area contributed by atoms with Gasteiger partial charge in [0.05, 0.1) is 5.56 Å². The van der Waals surface area contributed by atoms with E-state index < -0.39 is 132 Å². The number of anilines is 3. The van der Waals surface area contributed by atoms with Crippen LogP contribution in [0.2, 0.25) is 0 Å². The van der Waals surface area contributed by atoms with Crippen molar-refractivity contribution in [1.29, 1.82) is 0 Å². The van der Waals surface area contributed by atoms with Crippen LogP contribution >= 0.6 is 0 Å². The highest BCUT2D eigenvalue weighted by Crippen LogP contribution is 2.51. The third-order valence-electron chi connectivity index (χ3n) is 5.87. The molecule has 18 heteroatoms. The number of benzene rings is 3. The summed E-state index contributed by atoms with van der Waals surface area (Å²) in [4.78, 5) is -1.46. The number of nitrogens with zero attached hydrogens (tertiary/aromatic N) is 1. The molecule has 1 nitrogen and oxygen atoms in total. The molecule has 0 fully saturated rings. The van der Waals surface area contributed by atoms with Crippen molar-refractivity contribution in [3.8, 4) is 0 Å². The molecule has 0 bridgehead atoms. The second-order valence-electron chi connectivity index (χ2n) is 8.89. The predicted molar refractivity (Wildman–Crippen MR) is 120 cm³/mol. The molecule has 0 aliphatic carbocycles. The molecular weight excluding hydrogens is 649 g/mol. The molecule has 0 N–H and O–H groups in total. The summed E-state index contributed by atoms with van der Waals surface area (Å²) in [6.45, 7) is 6.98. The maximum atomic E-state index is 15.8. The summed E-state index contributed by atoms with van der Waals surface area (Å²) < 4.78 is 245. The number of hydrogen-bond donors (Lipinski definition) is 0. The number of allylic oxidation sites excluding steroid dienone is 2. The summed E-state index contributed by atoms with van der Waals surface area (Å²) in [5.41, 5.74) is -20.7. The van der Waals surface area contributed by atoms with Crippen LogP contribution < -0.4 is 4.90 Å². The van der Waals surface area contributed by atoms with Gasteiger partial charge >= 0.3 is 12.4 Å². The van der Waals surface area contributed by atoms with Crippen molar-refractivity contribution in [2.24, 2.45) is 0 Å². The number of alkyl halides is 6. The quantitative estimate of drug-likeness (QED) is 0.150. The van der Waals surface area contributed by atoms with Crippen molar-refractivity contribution >= 4 is 28.2 Å². The zero-order valence-electron chi connectivity index (χ0n) is 21.3. The molecule has 0 amide bonds. The molecule has 44 heavy (non-hydrogen) atoms. The second kappa shape index (κ2) is 11.0. The summed E-state index contributed by atoms with van der Waals surface area (Å²) >= 11 is 0. The molecule has 0 aromatic heterocycles. The lowest BCUT2D eigenvalue weighted by Gasteiger charge is -2.30. The van der Waals surface area contributed by atoms with Gasteiger partial charge in [0, 0.05) is 5.56 Å². The highest BCUT2D eigenvalue weighted by Gasteiger charge is 2.47. The van der Waals surface area contributed by atoms with Gasteiger partial charge in [-0.15, -0.1) is 0 Å². The highest BCUT2D eigenvalue weighted by molar-refractivity contribution is 5.84. The lowest BCUT2D eigenvalue weighted by molar-refractivity contribution is -0.143. The van der Waals surface area contributed by atoms with Gasteiger partial charge in [-0.3, -0.25) is 4.90 Å². The van der Waals surface area contributed by atoms with Gasteiger partial charge in [-0.25, -0.2) is 48.3 Å². The molecule has 0 aliphatic rings. The molecule has 0 spiro atoms. The maximum absolute atomic E-state index is 15.8. The fourth-order valence-electron chi connectivity index (χ4n) is 4.10. The minimum Gasteiger partial charge on any atom is -0.294 e. The first-order valence-corrected chi connectivity index (χ1v) is 11.1. The summed E-state index contributed by atoms with van der Waals surface area (Å²) in [7, 11) is 0. The van der Waals surface area contributed by atoms with Crippen LogP contribution in [0.25, 0.3) is 11.1 Å². The number of hydrogen-bond acceptors (Lipinski definition) is 1. The first-order valence-electron chi connectivity index (χ1n) is 11.1. The first-order chi connectivity index (χ1) is 19.9. The molecule has 0 saturated heterocycles. The van der Waals surface area contributed by atoms with Crippen LogP contribution in [0, 0.1) is 64.0 Å². The van der Waals surface area contributed by atoms with Crippen molar-refractivity contribution in [1.82, 2.24) is 0 Å². The third-order valence-corrected chi connectivity index (χ3v) is 5.87. The van der Waals surface area contributed by atoms with E-state index in [2.05, 4.69) is 13.2 Å². The van der Waals surface area contributed by atoms with Gasteiger partial charge in [0.2, 0.25) is 0 Å². The van der Waals surface area contributed by atoms with E-state index in [0.29, 0.717) is 13.8 Å². The topological polar surface area (TPSA) is 3.24 Å². The van der Waals surface area contributed by atoms with Gasteiger partial charge in [-0.1, -0.05) is 13.2 Å². The Hall–Kier alpha value is -4.25. The minimum atomic E-state index is -6.27. The van der Waals surface area contributed by atoms with Crippen LogP contribution in [-0.2, 0) is 12.4 Å². The van der Waals surface area contributed by atoms with E-state index >= 15 is 26.3 Å². The molecule has 0 aliphatic heterocycles. The van der Waals surface area contributed by atoms with Gasteiger partial charge in [0.25, 0.3) is 0 Å². The van der Waals surface area contributed by atoms with E-state index in [4.69, 9.17) is 0 Å². The van der Waals surface area contributed by atoms with Gasteiger partial charge in [-0.05, 0) is 25.0 Å². The Labute approximate surface area is 234 Å². The Morgan fingerprint density at radius 1 is 0.409 bits per heavy atom. The van der Waals surface area contributed by atoms with Crippen molar-refractivity contribution < 1.29 is 74.6 Å². The Kier molecular flexibility index (Phi) is 8.59. The molecular formula is C26H10F17N. The largest absolute Gasteiger partial charge is 0.422 e. The maximum Gasteiger partial charge on any atom is 0.422 e. The van der Waals surface area contributed by atoms with E-state index in [1.165, 1.54) is 0 Å². The smallest absolute Gasteiger partial charge is 0.294 e. The van der Waals surface area contributed by atoms with Crippen molar-refractivity contribution in [2.75, 3.05) is 4.90 Å². The average Bonchev–Trinajstić information content (AvgIpc) is 2.86. The van der Waals surface area contributed by atoms with E-state index in [9.17, 15) is 48.3 Å². The molecule has 0 radical (unpaired) electrons. The molecule has 0 saturated carbocycles. The Bertz CT molecular complexity index is 1720. The monoisotopic (exact) mass is 659 g/mol. The van der Waals surface area contributed by atoms with E-state index in [1.54, 1.807) is 0 Å². The van der Waals surface area contributed by atoms with Crippen molar-refractivity contribution in [2.45, 2.75) is 26.2 Å². The molecule has 0 atom stereocenters. The zero-order valence-corrected chi connectivity index (χ0v) is 21.3. The lowest BCUT2D eigenvalue weighted by Crippen LogP contribution is -2.26. The van der Waals surface area contributed by atoms with Crippen LogP contribution in [0.1, 0.15) is 36.1 Å². The van der Waals surface area contributed by atoms with Crippen molar-refractivity contribution in [3.05, 3.63) is 99.4 Å². The van der Waals surface area contributed by atoms with E-state index in [-0.39, 0.29) is 0 Å². The lowest BCUT2D eigenvalue weighted by atomic mass is 9.96. The second-order valence-corrected chi connectivity index (χ2v) is 8.89. The standard InChI is InChI=1S/C26H10F17N/c1-5(2)7-9(25(38,39)40)14(30)18(34)22(12(7)28)44(23-13(29)8(6(3)4)11(27)17(33)21(23)37)24-19(35)15(31)10(26(41,42)43)16(32)20(24)36/h1,3H2,2,4H3. The number of halogens is 17. The molecule has 3 rings (SSSR count). The predicted octanol–water partition coefficient (Wildman–Crippen LogP) is 10.8. The molecule has 3 aromatic rings. The van der Waals surface area contributed by atoms with Crippen LogP contribution in [0.3, 0.4) is 0 Å². The summed E-state index contributed by atoms with van der Waals surface area (Å²) in [5.74, 6) is -34.1. The van der Waals surface area contributed by atoms with Gasteiger partial charge in [0.15, 0.2) is 64.0 Å². The van der Waals surface area contributed by atoms with Crippen LogP contribution in [0.15, 0.2) is 13.2 Å². The molecule has 3 aromatic carbocycles. The van der Waals surface area contributed by atoms with E-state index in [0.717, 1.165) is 0 Å². The zero-order chi connectivity index (χ0) is 34.1. The molecule has 0 unspecified atom stereocenters. The van der Waals surface area contributed by atoms with Gasteiger partial charge in [-0.2, -0.15) is 26.3 Å².